The van der Waals surface area contributed by atoms with Crippen LogP contribution in [0.15, 0.2) is 42.5 Å². The van der Waals surface area contributed by atoms with Gasteiger partial charge in [-0.3, -0.25) is 14.4 Å². The van der Waals surface area contributed by atoms with Crippen LogP contribution in [0.2, 0.25) is 0 Å². The number of nitrogens with two attached hydrogens (primary N) is 2. The zero-order valence-corrected chi connectivity index (χ0v) is 24.1. The number of amides is 3. The normalized spacial score (nSPS) is 14.7. The summed E-state index contributed by atoms with van der Waals surface area (Å²) in [6.07, 6.45) is 0.931. The maximum absolute atomic E-state index is 13.8. The highest BCUT2D eigenvalue weighted by atomic mass is 19.1. The second-order valence-corrected chi connectivity index (χ2v) is 11.4. The molecule has 2 aromatic carbocycles. The molecule has 214 valence electrons. The molecule has 3 amide bonds. The van der Waals surface area contributed by atoms with Crippen molar-refractivity contribution in [3.63, 3.8) is 0 Å². The van der Waals surface area contributed by atoms with E-state index in [1.165, 1.54) is 36.0 Å². The van der Waals surface area contributed by atoms with E-state index in [0.29, 0.717) is 12.0 Å². The van der Waals surface area contributed by atoms with Gasteiger partial charge in [0, 0.05) is 20.5 Å². The Morgan fingerprint density at radius 1 is 0.949 bits per heavy atom. The lowest BCUT2D eigenvalue weighted by Gasteiger charge is -2.37. The number of hydrogen-bond donors (Lipinski definition) is 3. The van der Waals surface area contributed by atoms with Crippen molar-refractivity contribution in [3.8, 4) is 5.75 Å². The molecule has 0 aromatic heterocycles. The van der Waals surface area contributed by atoms with Crippen molar-refractivity contribution >= 4 is 17.7 Å². The molecule has 2 rings (SSSR count). The molecule has 2 aromatic rings. The van der Waals surface area contributed by atoms with Gasteiger partial charge in [0.2, 0.25) is 17.7 Å². The van der Waals surface area contributed by atoms with Crippen LogP contribution in [0, 0.1) is 11.7 Å². The Balaban J connectivity index is 2.30. The highest BCUT2D eigenvalue weighted by Crippen LogP contribution is 2.32. The van der Waals surface area contributed by atoms with Crippen LogP contribution >= 0.6 is 0 Å². The van der Waals surface area contributed by atoms with E-state index in [0.717, 1.165) is 11.1 Å². The van der Waals surface area contributed by atoms with Crippen molar-refractivity contribution in [1.29, 1.82) is 0 Å². The molecule has 0 radical (unpaired) electrons. The second-order valence-electron chi connectivity index (χ2n) is 11.4. The van der Waals surface area contributed by atoms with E-state index in [1.807, 2.05) is 40.7 Å². The molecule has 5 N–H and O–H groups in total. The van der Waals surface area contributed by atoms with Gasteiger partial charge < -0.3 is 26.4 Å². The first-order chi connectivity index (χ1) is 18.1. The molecule has 0 aliphatic rings. The lowest BCUT2D eigenvalue weighted by molar-refractivity contribution is -0.149. The van der Waals surface area contributed by atoms with Crippen molar-refractivity contribution in [3.05, 3.63) is 65.0 Å². The molecule has 0 saturated heterocycles. The SMILES string of the molecule is CCC(C)[C@@H](C(=O)N(C)[C@@H](Cc1ccc(O)c(C(C)(C)C)c1)C(N)=O)N(C)C(=O)[C@@H](N)Cc1ccc(F)cc1. The Kier molecular flexibility index (Phi) is 10.6. The van der Waals surface area contributed by atoms with Crippen LogP contribution in [0.25, 0.3) is 0 Å². The van der Waals surface area contributed by atoms with Crippen LogP contribution < -0.4 is 11.5 Å². The summed E-state index contributed by atoms with van der Waals surface area (Å²) in [6, 6.07) is 8.06. The minimum atomic E-state index is -0.974. The maximum Gasteiger partial charge on any atom is 0.246 e. The minimum Gasteiger partial charge on any atom is -0.508 e. The molecule has 0 fully saturated rings. The summed E-state index contributed by atoms with van der Waals surface area (Å²) in [4.78, 5) is 42.3. The maximum atomic E-state index is 13.8. The largest absolute Gasteiger partial charge is 0.508 e. The molecular formula is C30H43FN4O4. The van der Waals surface area contributed by atoms with E-state index in [4.69, 9.17) is 11.5 Å². The molecule has 4 atom stereocenters. The number of carbonyl (C=O) groups is 3. The highest BCUT2D eigenvalue weighted by molar-refractivity contribution is 5.93. The van der Waals surface area contributed by atoms with E-state index in [2.05, 4.69) is 0 Å². The molecule has 0 heterocycles. The molecule has 0 bridgehead atoms. The number of aromatic hydroxyl groups is 1. The van der Waals surface area contributed by atoms with Gasteiger partial charge in [0.15, 0.2) is 0 Å². The fourth-order valence-corrected chi connectivity index (χ4v) is 4.70. The summed E-state index contributed by atoms with van der Waals surface area (Å²) >= 11 is 0. The van der Waals surface area contributed by atoms with Crippen LogP contribution in [0.5, 0.6) is 5.75 Å². The van der Waals surface area contributed by atoms with E-state index >= 15 is 0 Å². The van der Waals surface area contributed by atoms with Crippen molar-refractivity contribution in [1.82, 2.24) is 9.80 Å². The first kappa shape index (κ1) is 31.8. The molecule has 9 heteroatoms. The Bertz CT molecular complexity index is 1160. The number of primary amides is 1. The zero-order chi connectivity index (χ0) is 29.7. The van der Waals surface area contributed by atoms with Crippen molar-refractivity contribution in [2.75, 3.05) is 14.1 Å². The van der Waals surface area contributed by atoms with E-state index < -0.39 is 35.8 Å². The van der Waals surface area contributed by atoms with Crippen LogP contribution in [0.4, 0.5) is 4.39 Å². The Morgan fingerprint density at radius 3 is 2.03 bits per heavy atom. The van der Waals surface area contributed by atoms with Gasteiger partial charge in [-0.2, -0.15) is 0 Å². The number of carbonyl (C=O) groups excluding carboxylic acids is 3. The fourth-order valence-electron chi connectivity index (χ4n) is 4.70. The topological polar surface area (TPSA) is 130 Å². The third-order valence-electron chi connectivity index (χ3n) is 7.33. The van der Waals surface area contributed by atoms with Crippen LogP contribution in [0.1, 0.15) is 57.7 Å². The van der Waals surface area contributed by atoms with Gasteiger partial charge in [-0.1, -0.05) is 65.3 Å². The third kappa shape index (κ3) is 8.02. The van der Waals surface area contributed by atoms with Gasteiger partial charge in [0.05, 0.1) is 6.04 Å². The van der Waals surface area contributed by atoms with Gasteiger partial charge in [-0.15, -0.1) is 0 Å². The predicted octanol–water partition coefficient (Wildman–Crippen LogP) is 3.13. The minimum absolute atomic E-state index is 0.149. The number of likely N-dealkylation sites (N-methyl/N-ethyl adjacent to an activating group) is 2. The van der Waals surface area contributed by atoms with Gasteiger partial charge in [0.1, 0.15) is 23.7 Å². The van der Waals surface area contributed by atoms with Crippen molar-refractivity contribution < 1.29 is 23.9 Å². The first-order valence-electron chi connectivity index (χ1n) is 13.2. The van der Waals surface area contributed by atoms with E-state index in [1.54, 1.807) is 24.3 Å². The molecule has 0 spiro atoms. The zero-order valence-electron chi connectivity index (χ0n) is 24.1. The second kappa shape index (κ2) is 13.1. The molecule has 39 heavy (non-hydrogen) atoms. The van der Waals surface area contributed by atoms with Gasteiger partial charge in [-0.05, 0) is 52.6 Å². The Morgan fingerprint density at radius 2 is 1.51 bits per heavy atom. The average Bonchev–Trinajstić information content (AvgIpc) is 2.87. The molecule has 0 saturated carbocycles. The molecule has 0 aliphatic heterocycles. The summed E-state index contributed by atoms with van der Waals surface area (Å²) in [5, 5.41) is 10.3. The summed E-state index contributed by atoms with van der Waals surface area (Å²) in [6.45, 7) is 9.69. The number of nitrogens with zero attached hydrogens (tertiary/aromatic N) is 2. The summed E-state index contributed by atoms with van der Waals surface area (Å²) in [5.41, 5.74) is 13.8. The lowest BCUT2D eigenvalue weighted by Crippen LogP contribution is -2.58. The van der Waals surface area contributed by atoms with Crippen LogP contribution in [-0.2, 0) is 32.6 Å². The molecule has 1 unspecified atom stereocenters. The van der Waals surface area contributed by atoms with Crippen molar-refractivity contribution in [2.45, 2.75) is 77.4 Å². The summed E-state index contributed by atoms with van der Waals surface area (Å²) in [5.74, 6) is -2.00. The van der Waals surface area contributed by atoms with Crippen molar-refractivity contribution in [2.24, 2.45) is 17.4 Å². The lowest BCUT2D eigenvalue weighted by atomic mass is 9.84. The quantitative estimate of drug-likeness (QED) is 0.402. The third-order valence-corrected chi connectivity index (χ3v) is 7.33. The average molecular weight is 543 g/mol. The highest BCUT2D eigenvalue weighted by Gasteiger charge is 2.38. The number of rotatable bonds is 11. The molecule has 0 aliphatic carbocycles. The Hall–Kier alpha value is -3.46. The molecule has 8 nitrogen and oxygen atoms in total. The smallest absolute Gasteiger partial charge is 0.246 e. The van der Waals surface area contributed by atoms with Gasteiger partial charge in [-0.25, -0.2) is 4.39 Å². The number of hydrogen-bond acceptors (Lipinski definition) is 5. The number of halogens is 1. The van der Waals surface area contributed by atoms with Crippen LogP contribution in [0.3, 0.4) is 0 Å². The Labute approximate surface area is 231 Å². The first-order valence-corrected chi connectivity index (χ1v) is 13.2. The van der Waals surface area contributed by atoms with Crippen LogP contribution in [-0.4, -0.2) is 64.8 Å². The monoisotopic (exact) mass is 542 g/mol. The summed E-state index contributed by atoms with van der Waals surface area (Å²) in [7, 11) is 3.04. The predicted molar refractivity (Wildman–Crippen MR) is 150 cm³/mol. The van der Waals surface area contributed by atoms with Gasteiger partial charge >= 0.3 is 0 Å². The van der Waals surface area contributed by atoms with Gasteiger partial charge in [0.25, 0.3) is 0 Å². The summed E-state index contributed by atoms with van der Waals surface area (Å²) < 4.78 is 13.3. The van der Waals surface area contributed by atoms with E-state index in [-0.39, 0.29) is 35.7 Å². The van der Waals surface area contributed by atoms with E-state index in [9.17, 15) is 23.9 Å². The number of benzene rings is 2. The standard InChI is InChI=1S/C30H43FN4O4/c1-8-18(2)26(35(7)28(38)23(32)16-19-9-12-21(31)13-10-19)29(39)34(6)24(27(33)37)17-20-11-14-25(36)22(15-20)30(3,4)5/h9-15,18,23-24,26,36H,8,16-17,32H2,1-7H3,(H2,33,37)/t18?,23-,24-,26-/m0/s1. The molecular weight excluding hydrogens is 499 g/mol. The fraction of sp³-hybridized carbons (Fsp3) is 0.500. The number of phenolic OH excluding ortho intramolecular Hbond substituents is 1. The number of phenols is 1.